The summed E-state index contributed by atoms with van der Waals surface area (Å²) >= 11 is 5.89. The fraction of sp³-hybridized carbons (Fsp3) is 0.483. The van der Waals surface area contributed by atoms with Gasteiger partial charge in [0, 0.05) is 13.1 Å². The molecule has 0 unspecified atom stereocenters. The Balaban J connectivity index is 1.76. The van der Waals surface area contributed by atoms with Crippen LogP contribution >= 0.6 is 11.6 Å². The summed E-state index contributed by atoms with van der Waals surface area (Å²) in [5.41, 5.74) is 0.704. The number of fused-ring (bicyclic) bond motifs is 1. The highest BCUT2D eigenvalue weighted by molar-refractivity contribution is 6.68. The molecule has 0 N–H and O–H groups in total. The monoisotopic (exact) mass is 528 g/mol. The number of aromatic nitrogens is 1. The van der Waals surface area contributed by atoms with Crippen molar-refractivity contribution in [3.8, 4) is 5.75 Å². The van der Waals surface area contributed by atoms with Gasteiger partial charge in [-0.05, 0) is 42.1 Å². The second-order valence-electron chi connectivity index (χ2n) is 9.33. The summed E-state index contributed by atoms with van der Waals surface area (Å²) in [4.78, 5) is 39.8. The summed E-state index contributed by atoms with van der Waals surface area (Å²) in [6.07, 6.45) is 8.66. The van der Waals surface area contributed by atoms with Crippen LogP contribution in [0.1, 0.15) is 81.1 Å². The van der Waals surface area contributed by atoms with E-state index in [1.54, 1.807) is 0 Å². The largest absolute Gasteiger partial charge is 0.484 e. The zero-order chi connectivity index (χ0) is 26.6. The molecule has 0 fully saturated rings. The number of ether oxygens (including phenoxy) is 1. The maximum Gasteiger partial charge on any atom is 0.365 e. The fourth-order valence-corrected chi connectivity index (χ4v) is 4.52. The van der Waals surface area contributed by atoms with Crippen LogP contribution in [0.5, 0.6) is 5.75 Å². The van der Waals surface area contributed by atoms with Crippen molar-refractivity contribution < 1.29 is 18.8 Å². The van der Waals surface area contributed by atoms with Crippen molar-refractivity contribution in [2.75, 3.05) is 19.7 Å². The molecule has 0 aliphatic carbocycles. The molecule has 0 saturated heterocycles. The molecule has 0 saturated carbocycles. The minimum absolute atomic E-state index is 0.0967. The van der Waals surface area contributed by atoms with Crippen LogP contribution in [0.4, 0.5) is 0 Å². The van der Waals surface area contributed by atoms with E-state index in [0.29, 0.717) is 18.6 Å². The zero-order valence-corrected chi connectivity index (χ0v) is 22.6. The van der Waals surface area contributed by atoms with Crippen molar-refractivity contribution in [1.82, 2.24) is 9.64 Å². The molecule has 37 heavy (non-hydrogen) atoms. The van der Waals surface area contributed by atoms with Crippen LogP contribution < -0.4 is 10.4 Å². The smallest absolute Gasteiger partial charge is 0.365 e. The highest BCUT2D eigenvalue weighted by Gasteiger charge is 2.21. The highest BCUT2D eigenvalue weighted by atomic mass is 35.5. The molecule has 1 amide bonds. The van der Waals surface area contributed by atoms with Crippen LogP contribution in [0, 0.1) is 0 Å². The van der Waals surface area contributed by atoms with E-state index < -0.39 is 10.9 Å². The van der Waals surface area contributed by atoms with E-state index in [9.17, 15) is 14.4 Å². The SMILES string of the molecule is CCCCCCN(CCCCCC)C(=O)COc1cc(C(=O)Cl)c2c(c1)c(=O)on2Cc1ccccc1. The number of carbonyl (C=O) groups is 2. The molecule has 3 aromatic rings. The molecule has 7 nitrogen and oxygen atoms in total. The normalized spacial score (nSPS) is 11.1. The summed E-state index contributed by atoms with van der Waals surface area (Å²) in [5.74, 6) is 0.118. The average molecular weight is 529 g/mol. The standard InChI is InChI=1S/C29H37ClN2O5/c1-3-5-7-12-16-31(17-13-8-6-4-2)26(33)21-36-23-18-24(28(30)34)27-25(19-23)29(35)37-32(27)20-22-14-10-9-11-15-22/h9-11,14-15,18-19H,3-8,12-13,16-17,20-21H2,1-2H3. The van der Waals surface area contributed by atoms with Gasteiger partial charge in [-0.3, -0.25) is 9.59 Å². The van der Waals surface area contributed by atoms with E-state index in [2.05, 4.69) is 13.8 Å². The Morgan fingerprint density at radius 1 is 0.946 bits per heavy atom. The maximum absolute atomic E-state index is 13.0. The molecule has 2 aromatic carbocycles. The van der Waals surface area contributed by atoms with Gasteiger partial charge in [-0.1, -0.05) is 82.7 Å². The first-order valence-corrected chi connectivity index (χ1v) is 13.6. The Morgan fingerprint density at radius 2 is 1.59 bits per heavy atom. The number of carbonyl (C=O) groups excluding carboxylic acids is 2. The topological polar surface area (TPSA) is 81.8 Å². The van der Waals surface area contributed by atoms with Crippen LogP contribution in [-0.2, 0) is 11.3 Å². The molecular formula is C29H37ClN2O5. The van der Waals surface area contributed by atoms with Crippen molar-refractivity contribution >= 4 is 33.7 Å². The van der Waals surface area contributed by atoms with Crippen LogP contribution in [0.2, 0.25) is 0 Å². The fourth-order valence-electron chi connectivity index (χ4n) is 4.38. The van der Waals surface area contributed by atoms with Crippen LogP contribution in [-0.4, -0.2) is 40.5 Å². The molecular weight excluding hydrogens is 492 g/mol. The molecule has 200 valence electrons. The molecule has 0 atom stereocenters. The van der Waals surface area contributed by atoms with Gasteiger partial charge in [0.05, 0.1) is 17.5 Å². The highest BCUT2D eigenvalue weighted by Crippen LogP contribution is 2.26. The van der Waals surface area contributed by atoms with E-state index in [1.807, 2.05) is 35.2 Å². The van der Waals surface area contributed by atoms with Crippen LogP contribution in [0.3, 0.4) is 0 Å². The second kappa shape index (κ2) is 14.6. The summed E-state index contributed by atoms with van der Waals surface area (Å²) < 4.78 is 12.6. The quantitative estimate of drug-likeness (QED) is 0.159. The molecule has 0 bridgehead atoms. The van der Waals surface area contributed by atoms with E-state index in [-0.39, 0.29) is 35.8 Å². The van der Waals surface area contributed by atoms with E-state index in [1.165, 1.54) is 16.9 Å². The third-order valence-electron chi connectivity index (χ3n) is 6.40. The molecule has 1 heterocycles. The summed E-state index contributed by atoms with van der Waals surface area (Å²) in [7, 11) is 0. The van der Waals surface area contributed by atoms with E-state index >= 15 is 0 Å². The number of rotatable bonds is 16. The predicted octanol–water partition coefficient (Wildman–Crippen LogP) is 6.39. The maximum atomic E-state index is 13.0. The molecule has 0 radical (unpaired) electrons. The number of benzene rings is 2. The lowest BCUT2D eigenvalue weighted by Gasteiger charge is -2.23. The Bertz CT molecular complexity index is 1210. The third-order valence-corrected chi connectivity index (χ3v) is 6.61. The first-order valence-electron chi connectivity index (χ1n) is 13.3. The average Bonchev–Trinajstić information content (AvgIpc) is 3.21. The van der Waals surface area contributed by atoms with Crippen molar-refractivity contribution in [3.05, 3.63) is 64.0 Å². The van der Waals surface area contributed by atoms with Gasteiger partial charge in [0.2, 0.25) is 0 Å². The molecule has 0 aliphatic heterocycles. The molecule has 0 aliphatic rings. The lowest BCUT2D eigenvalue weighted by Crippen LogP contribution is -2.36. The summed E-state index contributed by atoms with van der Waals surface area (Å²) in [6, 6.07) is 12.4. The van der Waals surface area contributed by atoms with Crippen molar-refractivity contribution in [1.29, 1.82) is 0 Å². The van der Waals surface area contributed by atoms with E-state index in [0.717, 1.165) is 56.9 Å². The van der Waals surface area contributed by atoms with E-state index in [4.69, 9.17) is 20.9 Å². The van der Waals surface area contributed by atoms with Crippen molar-refractivity contribution in [2.24, 2.45) is 0 Å². The minimum Gasteiger partial charge on any atom is -0.484 e. The first-order chi connectivity index (χ1) is 17.9. The van der Waals surface area contributed by atoms with Gasteiger partial charge in [-0.15, -0.1) is 0 Å². The summed E-state index contributed by atoms with van der Waals surface area (Å²) in [5, 5.41) is -0.557. The second-order valence-corrected chi connectivity index (χ2v) is 9.68. The minimum atomic E-state index is -0.738. The lowest BCUT2D eigenvalue weighted by molar-refractivity contribution is -0.133. The Hall–Kier alpha value is -3.06. The molecule has 8 heteroatoms. The molecule has 0 spiro atoms. The van der Waals surface area contributed by atoms with Gasteiger partial charge in [0.25, 0.3) is 11.1 Å². The Morgan fingerprint density at radius 3 is 2.19 bits per heavy atom. The van der Waals surface area contributed by atoms with Gasteiger partial charge < -0.3 is 14.2 Å². The van der Waals surface area contributed by atoms with Crippen molar-refractivity contribution in [3.63, 3.8) is 0 Å². The number of hydrogen-bond acceptors (Lipinski definition) is 5. The Labute approximate surface area is 223 Å². The van der Waals surface area contributed by atoms with Gasteiger partial charge >= 0.3 is 5.63 Å². The number of amides is 1. The third kappa shape index (κ3) is 8.22. The lowest BCUT2D eigenvalue weighted by atomic mass is 10.1. The van der Waals surface area contributed by atoms with Gasteiger partial charge in [-0.2, -0.15) is 4.74 Å². The van der Waals surface area contributed by atoms with Crippen LogP contribution in [0.15, 0.2) is 51.8 Å². The van der Waals surface area contributed by atoms with Gasteiger partial charge in [0.1, 0.15) is 11.3 Å². The van der Waals surface area contributed by atoms with Crippen LogP contribution in [0.25, 0.3) is 10.9 Å². The number of hydrogen-bond donors (Lipinski definition) is 0. The number of halogens is 1. The van der Waals surface area contributed by atoms with Gasteiger partial charge in [-0.25, -0.2) is 4.79 Å². The first kappa shape index (κ1) is 28.5. The number of unbranched alkanes of at least 4 members (excludes halogenated alkanes) is 6. The van der Waals surface area contributed by atoms with Gasteiger partial charge in [0.15, 0.2) is 6.61 Å². The molecule has 1 aromatic heterocycles. The predicted molar refractivity (Wildman–Crippen MR) is 147 cm³/mol. The Kier molecular flexibility index (Phi) is 11.3. The zero-order valence-electron chi connectivity index (χ0n) is 21.8. The van der Waals surface area contributed by atoms with Crippen molar-refractivity contribution in [2.45, 2.75) is 71.8 Å². The summed E-state index contributed by atoms with van der Waals surface area (Å²) in [6.45, 7) is 5.80. The number of nitrogens with zero attached hydrogens (tertiary/aromatic N) is 2. The molecule has 3 rings (SSSR count).